The SMILES string of the molecule is Cc1ncc(C(C)(O)c2ccccc2)c(C)n1. The number of hydrogen-bond acceptors (Lipinski definition) is 3. The van der Waals surface area contributed by atoms with Crippen LogP contribution in [0, 0.1) is 13.8 Å². The Morgan fingerprint density at radius 2 is 1.76 bits per heavy atom. The molecule has 0 aliphatic rings. The van der Waals surface area contributed by atoms with E-state index in [0.717, 1.165) is 22.6 Å². The molecule has 0 saturated heterocycles. The summed E-state index contributed by atoms with van der Waals surface area (Å²) in [6, 6.07) is 9.55. The topological polar surface area (TPSA) is 46.0 Å². The summed E-state index contributed by atoms with van der Waals surface area (Å²) in [6.45, 7) is 5.50. The monoisotopic (exact) mass is 228 g/mol. The van der Waals surface area contributed by atoms with Crippen LogP contribution in [0.4, 0.5) is 0 Å². The third-order valence-corrected chi connectivity index (χ3v) is 2.96. The van der Waals surface area contributed by atoms with Crippen LogP contribution in [-0.4, -0.2) is 15.1 Å². The third-order valence-electron chi connectivity index (χ3n) is 2.96. The number of hydrogen-bond donors (Lipinski definition) is 1. The van der Waals surface area contributed by atoms with Crippen molar-refractivity contribution in [2.45, 2.75) is 26.4 Å². The van der Waals surface area contributed by atoms with Crippen LogP contribution in [0.25, 0.3) is 0 Å². The van der Waals surface area contributed by atoms with Crippen molar-refractivity contribution in [3.8, 4) is 0 Å². The minimum atomic E-state index is -1.06. The zero-order valence-electron chi connectivity index (χ0n) is 10.3. The molecule has 1 atom stereocenters. The van der Waals surface area contributed by atoms with Gasteiger partial charge in [-0.1, -0.05) is 30.3 Å². The zero-order chi connectivity index (χ0) is 12.5. The first kappa shape index (κ1) is 11.7. The van der Waals surface area contributed by atoms with Gasteiger partial charge in [-0.15, -0.1) is 0 Å². The Bertz CT molecular complexity index is 521. The Balaban J connectivity index is 2.52. The summed E-state index contributed by atoms with van der Waals surface area (Å²) in [4.78, 5) is 8.45. The summed E-state index contributed by atoms with van der Waals surface area (Å²) in [6.07, 6.45) is 1.70. The van der Waals surface area contributed by atoms with Gasteiger partial charge in [0.2, 0.25) is 0 Å². The first-order valence-corrected chi connectivity index (χ1v) is 5.60. The van der Waals surface area contributed by atoms with E-state index in [2.05, 4.69) is 9.97 Å². The van der Waals surface area contributed by atoms with Crippen molar-refractivity contribution in [1.82, 2.24) is 9.97 Å². The van der Waals surface area contributed by atoms with Gasteiger partial charge in [-0.3, -0.25) is 0 Å². The fourth-order valence-electron chi connectivity index (χ4n) is 1.98. The molecule has 1 aromatic heterocycles. The summed E-state index contributed by atoms with van der Waals surface area (Å²) in [5.74, 6) is 0.718. The molecule has 0 spiro atoms. The van der Waals surface area contributed by atoms with E-state index in [0.29, 0.717) is 0 Å². The Morgan fingerprint density at radius 1 is 1.12 bits per heavy atom. The first-order valence-electron chi connectivity index (χ1n) is 5.60. The lowest BCUT2D eigenvalue weighted by Gasteiger charge is -2.25. The Labute approximate surface area is 101 Å². The Morgan fingerprint density at radius 3 is 2.35 bits per heavy atom. The summed E-state index contributed by atoms with van der Waals surface area (Å²) in [5.41, 5.74) is 1.34. The molecule has 0 amide bonds. The average molecular weight is 228 g/mol. The molecule has 0 bridgehead atoms. The van der Waals surface area contributed by atoms with Gasteiger partial charge < -0.3 is 5.11 Å². The highest BCUT2D eigenvalue weighted by Gasteiger charge is 2.28. The van der Waals surface area contributed by atoms with Crippen molar-refractivity contribution >= 4 is 0 Å². The molecule has 0 fully saturated rings. The number of rotatable bonds is 2. The molecule has 0 saturated carbocycles. The summed E-state index contributed by atoms with van der Waals surface area (Å²) < 4.78 is 0. The van der Waals surface area contributed by atoms with Crippen LogP contribution < -0.4 is 0 Å². The van der Waals surface area contributed by atoms with Gasteiger partial charge in [-0.05, 0) is 26.3 Å². The van der Waals surface area contributed by atoms with Gasteiger partial charge >= 0.3 is 0 Å². The van der Waals surface area contributed by atoms with E-state index in [1.54, 1.807) is 13.1 Å². The van der Waals surface area contributed by atoms with Crippen molar-refractivity contribution in [3.05, 3.63) is 59.2 Å². The fraction of sp³-hybridized carbons (Fsp3) is 0.286. The number of aliphatic hydroxyl groups is 1. The van der Waals surface area contributed by atoms with Gasteiger partial charge in [0.15, 0.2) is 0 Å². The molecular formula is C14H16N2O. The minimum absolute atomic E-state index is 0.718. The summed E-state index contributed by atoms with van der Waals surface area (Å²) in [7, 11) is 0. The molecule has 2 rings (SSSR count). The van der Waals surface area contributed by atoms with Crippen LogP contribution in [-0.2, 0) is 5.60 Å². The molecule has 3 nitrogen and oxygen atoms in total. The van der Waals surface area contributed by atoms with Crippen LogP contribution in [0.5, 0.6) is 0 Å². The normalized spacial score (nSPS) is 14.4. The van der Waals surface area contributed by atoms with Crippen molar-refractivity contribution < 1.29 is 5.11 Å². The van der Waals surface area contributed by atoms with E-state index in [1.165, 1.54) is 0 Å². The van der Waals surface area contributed by atoms with Crippen molar-refractivity contribution in [3.63, 3.8) is 0 Å². The lowest BCUT2D eigenvalue weighted by molar-refractivity contribution is 0.101. The number of benzene rings is 1. The molecule has 17 heavy (non-hydrogen) atoms. The second kappa shape index (κ2) is 4.26. The fourth-order valence-corrected chi connectivity index (χ4v) is 1.98. The van der Waals surface area contributed by atoms with E-state index in [1.807, 2.05) is 44.2 Å². The number of aromatic nitrogens is 2. The number of nitrogens with zero attached hydrogens (tertiary/aromatic N) is 2. The van der Waals surface area contributed by atoms with Crippen molar-refractivity contribution in [2.75, 3.05) is 0 Å². The third kappa shape index (κ3) is 2.19. The maximum absolute atomic E-state index is 10.6. The number of aryl methyl sites for hydroxylation is 2. The average Bonchev–Trinajstić information content (AvgIpc) is 2.29. The highest BCUT2D eigenvalue weighted by molar-refractivity contribution is 5.35. The standard InChI is InChI=1S/C14H16N2O/c1-10-13(9-15-11(2)16-10)14(3,17)12-7-5-4-6-8-12/h4-9,17H,1-3H3. The molecule has 1 N–H and O–H groups in total. The van der Waals surface area contributed by atoms with Crippen LogP contribution in [0.1, 0.15) is 29.6 Å². The maximum Gasteiger partial charge on any atom is 0.125 e. The minimum Gasteiger partial charge on any atom is -0.381 e. The molecule has 1 aromatic carbocycles. The zero-order valence-corrected chi connectivity index (χ0v) is 10.3. The second-order valence-corrected chi connectivity index (χ2v) is 4.35. The van der Waals surface area contributed by atoms with Crippen molar-refractivity contribution in [2.24, 2.45) is 0 Å². The van der Waals surface area contributed by atoms with Gasteiger partial charge in [-0.2, -0.15) is 0 Å². The predicted molar refractivity (Wildman–Crippen MR) is 66.6 cm³/mol. The van der Waals surface area contributed by atoms with Crippen LogP contribution in [0.2, 0.25) is 0 Å². The van der Waals surface area contributed by atoms with Gasteiger partial charge in [0.05, 0.1) is 0 Å². The molecule has 1 heterocycles. The Hall–Kier alpha value is -1.74. The van der Waals surface area contributed by atoms with E-state index in [4.69, 9.17) is 0 Å². The highest BCUT2D eigenvalue weighted by atomic mass is 16.3. The summed E-state index contributed by atoms with van der Waals surface area (Å²) >= 11 is 0. The summed E-state index contributed by atoms with van der Waals surface area (Å²) in [5, 5.41) is 10.6. The molecule has 88 valence electrons. The van der Waals surface area contributed by atoms with E-state index in [-0.39, 0.29) is 0 Å². The Kier molecular flexibility index (Phi) is 2.94. The van der Waals surface area contributed by atoms with Gasteiger partial charge in [0.1, 0.15) is 11.4 Å². The van der Waals surface area contributed by atoms with E-state index >= 15 is 0 Å². The molecule has 3 heteroatoms. The molecule has 0 aliphatic heterocycles. The molecular weight excluding hydrogens is 212 g/mol. The van der Waals surface area contributed by atoms with E-state index in [9.17, 15) is 5.11 Å². The van der Waals surface area contributed by atoms with Gasteiger partial charge in [0, 0.05) is 17.5 Å². The molecule has 2 aromatic rings. The maximum atomic E-state index is 10.6. The largest absolute Gasteiger partial charge is 0.381 e. The van der Waals surface area contributed by atoms with Crippen LogP contribution >= 0.6 is 0 Å². The molecule has 0 aliphatic carbocycles. The van der Waals surface area contributed by atoms with Crippen molar-refractivity contribution in [1.29, 1.82) is 0 Å². The molecule has 0 radical (unpaired) electrons. The predicted octanol–water partition coefficient (Wildman–Crippen LogP) is 2.35. The smallest absolute Gasteiger partial charge is 0.125 e. The molecule has 1 unspecified atom stereocenters. The quantitative estimate of drug-likeness (QED) is 0.858. The van der Waals surface area contributed by atoms with Gasteiger partial charge in [-0.25, -0.2) is 9.97 Å². The lowest BCUT2D eigenvalue weighted by Crippen LogP contribution is -2.24. The lowest BCUT2D eigenvalue weighted by atomic mass is 9.88. The first-order chi connectivity index (χ1) is 8.01. The highest BCUT2D eigenvalue weighted by Crippen LogP contribution is 2.29. The van der Waals surface area contributed by atoms with Crippen LogP contribution in [0.3, 0.4) is 0 Å². The van der Waals surface area contributed by atoms with E-state index < -0.39 is 5.60 Å². The van der Waals surface area contributed by atoms with Crippen LogP contribution in [0.15, 0.2) is 36.5 Å². The second-order valence-electron chi connectivity index (χ2n) is 4.35. The van der Waals surface area contributed by atoms with Gasteiger partial charge in [0.25, 0.3) is 0 Å².